The van der Waals surface area contributed by atoms with Gasteiger partial charge in [-0.25, -0.2) is 4.99 Å². The number of aromatic nitrogens is 1. The zero-order valence-electron chi connectivity index (χ0n) is 13.7. The van der Waals surface area contributed by atoms with Crippen molar-refractivity contribution in [1.29, 1.82) is 0 Å². The number of thiophene rings is 1. The van der Waals surface area contributed by atoms with Gasteiger partial charge in [-0.15, -0.1) is 35.3 Å². The molecular weight excluding hydrogens is 431 g/mol. The number of aromatic amines is 1. The van der Waals surface area contributed by atoms with Gasteiger partial charge in [-0.05, 0) is 36.4 Å². The molecule has 0 bridgehead atoms. The molecular formula is C18H23IN4S. The van der Waals surface area contributed by atoms with E-state index in [1.807, 2.05) is 0 Å². The third-order valence-corrected chi connectivity index (χ3v) is 4.54. The van der Waals surface area contributed by atoms with Gasteiger partial charge in [0.05, 0.1) is 6.54 Å². The maximum atomic E-state index is 4.63. The Labute approximate surface area is 163 Å². The predicted molar refractivity (Wildman–Crippen MR) is 115 cm³/mol. The molecule has 1 aromatic carbocycles. The molecule has 128 valence electrons. The van der Waals surface area contributed by atoms with E-state index in [2.05, 4.69) is 75.5 Å². The number of rotatable bonds is 6. The van der Waals surface area contributed by atoms with Gasteiger partial charge in [0.25, 0.3) is 0 Å². The van der Waals surface area contributed by atoms with Crippen molar-refractivity contribution in [1.82, 2.24) is 15.6 Å². The van der Waals surface area contributed by atoms with Crippen LogP contribution in [0.15, 0.2) is 53.0 Å². The number of hydrogen-bond acceptors (Lipinski definition) is 2. The second-order valence-corrected chi connectivity index (χ2v) is 6.34. The highest BCUT2D eigenvalue weighted by Gasteiger charge is 2.03. The number of hydrogen-bond donors (Lipinski definition) is 3. The molecule has 0 atom stereocenters. The molecule has 2 heterocycles. The van der Waals surface area contributed by atoms with Crippen LogP contribution in [0.2, 0.25) is 0 Å². The van der Waals surface area contributed by atoms with Crippen LogP contribution in [0.1, 0.15) is 17.4 Å². The standard InChI is InChI=1S/C18H22N4S.HI/c1-2-19-18(22-13-15-6-5-11-23-15)20-10-9-14-12-21-17-8-4-3-7-16(14)17;/h3-8,11-12,21H,2,9-10,13H2,1H3,(H2,19,20,22);1H. The summed E-state index contributed by atoms with van der Waals surface area (Å²) in [7, 11) is 0. The Bertz CT molecular complexity index is 764. The summed E-state index contributed by atoms with van der Waals surface area (Å²) in [6.45, 7) is 4.53. The fourth-order valence-corrected chi connectivity index (χ4v) is 3.18. The summed E-state index contributed by atoms with van der Waals surface area (Å²) in [6, 6.07) is 12.6. The highest BCUT2D eigenvalue weighted by atomic mass is 127. The van der Waals surface area contributed by atoms with Gasteiger partial charge in [-0.2, -0.15) is 0 Å². The van der Waals surface area contributed by atoms with Gasteiger partial charge < -0.3 is 15.6 Å². The van der Waals surface area contributed by atoms with Crippen LogP contribution in [0.3, 0.4) is 0 Å². The third kappa shape index (κ3) is 4.98. The average molecular weight is 454 g/mol. The zero-order chi connectivity index (χ0) is 15.9. The summed E-state index contributed by atoms with van der Waals surface area (Å²) >= 11 is 1.74. The Kier molecular flexibility index (Phi) is 7.58. The van der Waals surface area contributed by atoms with Gasteiger partial charge in [-0.1, -0.05) is 24.3 Å². The molecule has 0 spiro atoms. The van der Waals surface area contributed by atoms with Crippen LogP contribution in [-0.4, -0.2) is 24.0 Å². The van der Waals surface area contributed by atoms with Crippen LogP contribution in [0.4, 0.5) is 0 Å². The van der Waals surface area contributed by atoms with Crippen molar-refractivity contribution < 1.29 is 0 Å². The lowest BCUT2D eigenvalue weighted by Gasteiger charge is -2.10. The van der Waals surface area contributed by atoms with Gasteiger partial charge in [0.15, 0.2) is 5.96 Å². The Morgan fingerprint density at radius 1 is 1.17 bits per heavy atom. The molecule has 0 amide bonds. The lowest BCUT2D eigenvalue weighted by Crippen LogP contribution is -2.38. The van der Waals surface area contributed by atoms with Gasteiger partial charge in [0.1, 0.15) is 0 Å². The van der Waals surface area contributed by atoms with Crippen molar-refractivity contribution in [3.63, 3.8) is 0 Å². The summed E-state index contributed by atoms with van der Waals surface area (Å²) in [4.78, 5) is 9.23. The van der Waals surface area contributed by atoms with E-state index in [1.165, 1.54) is 21.3 Å². The summed E-state index contributed by atoms with van der Waals surface area (Å²) in [6.07, 6.45) is 3.06. The van der Waals surface area contributed by atoms with Gasteiger partial charge in [-0.3, -0.25) is 0 Å². The maximum absolute atomic E-state index is 4.63. The van der Waals surface area contributed by atoms with E-state index in [1.54, 1.807) is 11.3 Å². The van der Waals surface area contributed by atoms with E-state index < -0.39 is 0 Å². The van der Waals surface area contributed by atoms with Crippen LogP contribution in [0.5, 0.6) is 0 Å². The second kappa shape index (κ2) is 9.68. The van der Waals surface area contributed by atoms with Crippen molar-refractivity contribution in [3.05, 3.63) is 58.4 Å². The lowest BCUT2D eigenvalue weighted by molar-refractivity contribution is 0.803. The molecule has 0 aliphatic carbocycles. The van der Waals surface area contributed by atoms with E-state index in [0.717, 1.165) is 32.0 Å². The minimum Gasteiger partial charge on any atom is -0.361 e. The maximum Gasteiger partial charge on any atom is 0.191 e. The van der Waals surface area contributed by atoms with Crippen LogP contribution >= 0.6 is 35.3 Å². The van der Waals surface area contributed by atoms with E-state index >= 15 is 0 Å². The first kappa shape index (κ1) is 18.8. The Balaban J connectivity index is 0.00000208. The smallest absolute Gasteiger partial charge is 0.191 e. The van der Waals surface area contributed by atoms with E-state index in [0.29, 0.717) is 0 Å². The first-order valence-corrected chi connectivity index (χ1v) is 8.84. The number of H-pyrrole nitrogens is 1. The highest BCUT2D eigenvalue weighted by molar-refractivity contribution is 14.0. The quantitative estimate of drug-likeness (QED) is 0.298. The summed E-state index contributed by atoms with van der Waals surface area (Å²) in [5.74, 6) is 0.876. The first-order chi connectivity index (χ1) is 11.4. The molecule has 3 aromatic rings. The molecule has 0 aliphatic heterocycles. The topological polar surface area (TPSA) is 52.2 Å². The molecule has 24 heavy (non-hydrogen) atoms. The van der Waals surface area contributed by atoms with Crippen molar-refractivity contribution in [2.75, 3.05) is 13.1 Å². The summed E-state index contributed by atoms with van der Waals surface area (Å²) in [5.41, 5.74) is 2.53. The van der Waals surface area contributed by atoms with Crippen LogP contribution < -0.4 is 10.6 Å². The first-order valence-electron chi connectivity index (χ1n) is 7.96. The molecule has 0 radical (unpaired) electrons. The van der Waals surface area contributed by atoms with E-state index in [-0.39, 0.29) is 24.0 Å². The molecule has 2 aromatic heterocycles. The zero-order valence-corrected chi connectivity index (χ0v) is 16.9. The molecule has 6 heteroatoms. The van der Waals surface area contributed by atoms with Crippen molar-refractivity contribution in [2.45, 2.75) is 19.9 Å². The minimum atomic E-state index is 0. The van der Waals surface area contributed by atoms with Gasteiger partial charge >= 0.3 is 0 Å². The molecule has 3 N–H and O–H groups in total. The highest BCUT2D eigenvalue weighted by Crippen LogP contribution is 2.17. The molecule has 0 unspecified atom stereocenters. The van der Waals surface area contributed by atoms with E-state index in [4.69, 9.17) is 0 Å². The van der Waals surface area contributed by atoms with Crippen LogP contribution in [0.25, 0.3) is 10.9 Å². The monoisotopic (exact) mass is 454 g/mol. The Morgan fingerprint density at radius 3 is 2.83 bits per heavy atom. The van der Waals surface area contributed by atoms with Crippen molar-refractivity contribution in [2.24, 2.45) is 4.99 Å². The lowest BCUT2D eigenvalue weighted by atomic mass is 10.1. The average Bonchev–Trinajstić information content (AvgIpc) is 3.22. The number of aliphatic imine (C=N–C) groups is 1. The normalized spacial score (nSPS) is 11.3. The molecule has 0 saturated heterocycles. The van der Waals surface area contributed by atoms with E-state index in [9.17, 15) is 0 Å². The number of halogens is 1. The molecule has 4 nitrogen and oxygen atoms in total. The number of nitrogens with zero attached hydrogens (tertiary/aromatic N) is 1. The van der Waals surface area contributed by atoms with Crippen molar-refractivity contribution in [3.8, 4) is 0 Å². The number of nitrogens with one attached hydrogen (secondary N) is 3. The third-order valence-electron chi connectivity index (χ3n) is 3.68. The number of guanidine groups is 1. The molecule has 0 saturated carbocycles. The molecule has 0 aliphatic rings. The largest absolute Gasteiger partial charge is 0.361 e. The van der Waals surface area contributed by atoms with Gasteiger partial charge in [0, 0.05) is 35.1 Å². The number of benzene rings is 1. The fraction of sp³-hybridized carbons (Fsp3) is 0.278. The second-order valence-electron chi connectivity index (χ2n) is 5.31. The van der Waals surface area contributed by atoms with Crippen LogP contribution in [0, 0.1) is 0 Å². The number of para-hydroxylation sites is 1. The Hall–Kier alpha value is -1.54. The number of fused-ring (bicyclic) bond motifs is 1. The Morgan fingerprint density at radius 2 is 2.04 bits per heavy atom. The molecule has 3 rings (SSSR count). The predicted octanol–water partition coefficient (Wildman–Crippen LogP) is 4.15. The SMILES string of the molecule is CCNC(=NCc1cccs1)NCCc1c[nH]c2ccccc12.I. The summed E-state index contributed by atoms with van der Waals surface area (Å²) < 4.78 is 0. The van der Waals surface area contributed by atoms with Crippen LogP contribution in [-0.2, 0) is 13.0 Å². The molecule has 0 fully saturated rings. The fourth-order valence-electron chi connectivity index (χ4n) is 2.56. The summed E-state index contributed by atoms with van der Waals surface area (Å²) in [5, 5.41) is 10.1. The van der Waals surface area contributed by atoms with Gasteiger partial charge in [0.2, 0.25) is 0 Å². The minimum absolute atomic E-state index is 0. The van der Waals surface area contributed by atoms with Crippen molar-refractivity contribution >= 4 is 52.2 Å².